The average Bonchev–Trinajstić information content (AvgIpc) is 2.14. The lowest BCUT2D eigenvalue weighted by Gasteiger charge is -2.12. The molecule has 1 aromatic rings. The Kier molecular flexibility index (Phi) is 3.52. The van der Waals surface area contributed by atoms with Gasteiger partial charge in [-0.15, -0.1) is 0 Å². The summed E-state index contributed by atoms with van der Waals surface area (Å²) in [4.78, 5) is 0. The van der Waals surface area contributed by atoms with Gasteiger partial charge in [0.25, 0.3) is 10.2 Å². The van der Waals surface area contributed by atoms with Crippen LogP contribution in [0.4, 0.5) is 5.69 Å². The van der Waals surface area contributed by atoms with Gasteiger partial charge in [0, 0.05) is 0 Å². The van der Waals surface area contributed by atoms with Gasteiger partial charge in [0.05, 0.1) is 11.3 Å². The number of hydrogen-bond acceptors (Lipinski definition) is 3. The highest BCUT2D eigenvalue weighted by molar-refractivity contribution is 7.90. The van der Waals surface area contributed by atoms with E-state index < -0.39 is 10.2 Å². The minimum absolute atomic E-state index is 0.136. The number of nitrogens with zero attached hydrogens (tertiary/aromatic N) is 1. The van der Waals surface area contributed by atoms with Crippen LogP contribution in [-0.4, -0.2) is 8.42 Å². The molecule has 0 heterocycles. The number of rotatable bonds is 3. The Morgan fingerprint density at radius 2 is 2.06 bits per heavy atom. The summed E-state index contributed by atoms with van der Waals surface area (Å²) in [5.74, 6) is 0.136. The maximum absolute atomic E-state index is 10.9. The first-order valence-corrected chi connectivity index (χ1v) is 6.23. The predicted molar refractivity (Wildman–Crippen MR) is 62.0 cm³/mol. The summed E-state index contributed by atoms with van der Waals surface area (Å²) in [5.41, 5.74) is 1.32. The molecule has 0 aliphatic rings. The highest BCUT2D eigenvalue weighted by Crippen LogP contribution is 2.25. The molecule has 1 rings (SSSR count). The first-order chi connectivity index (χ1) is 7.35. The molecule has 0 radical (unpaired) electrons. The van der Waals surface area contributed by atoms with Crippen molar-refractivity contribution in [2.45, 2.75) is 19.8 Å². The lowest BCUT2D eigenvalue weighted by molar-refractivity contribution is 0.603. The molecule has 0 amide bonds. The fourth-order valence-electron chi connectivity index (χ4n) is 1.41. The van der Waals surface area contributed by atoms with Gasteiger partial charge < -0.3 is 0 Å². The lowest BCUT2D eigenvalue weighted by atomic mass is 9.97. The molecule has 5 nitrogen and oxygen atoms in total. The van der Waals surface area contributed by atoms with E-state index in [1.165, 1.54) is 6.07 Å². The molecule has 0 fully saturated rings. The second-order valence-electron chi connectivity index (χ2n) is 3.68. The van der Waals surface area contributed by atoms with Gasteiger partial charge in [0.15, 0.2) is 0 Å². The fourth-order valence-corrected chi connectivity index (χ4v) is 1.89. The normalized spacial score (nSPS) is 11.2. The molecule has 3 N–H and O–H groups in total. The van der Waals surface area contributed by atoms with E-state index in [4.69, 9.17) is 10.4 Å². The zero-order valence-corrected chi connectivity index (χ0v) is 9.88. The fraction of sp³-hybridized carbons (Fsp3) is 0.300. The van der Waals surface area contributed by atoms with Crippen molar-refractivity contribution in [1.29, 1.82) is 5.26 Å². The minimum atomic E-state index is -3.85. The van der Waals surface area contributed by atoms with Crippen molar-refractivity contribution in [1.82, 2.24) is 0 Å². The standard InChI is InChI=1S/C10H13N3O2S/c1-7(2)8-4-3-5-10(9(8)6-11)13-16(12,14)15/h3-5,7,13H,1-2H3,(H2,12,14,15). The van der Waals surface area contributed by atoms with Gasteiger partial charge in [-0.1, -0.05) is 26.0 Å². The number of benzene rings is 1. The molecule has 1 aromatic carbocycles. The van der Waals surface area contributed by atoms with Crippen LogP contribution in [0.5, 0.6) is 0 Å². The van der Waals surface area contributed by atoms with E-state index in [0.29, 0.717) is 5.56 Å². The number of nitriles is 1. The number of nitrogens with two attached hydrogens (primary N) is 1. The molecule has 0 bridgehead atoms. The quantitative estimate of drug-likeness (QED) is 0.832. The molecule has 0 atom stereocenters. The molecule has 0 unspecified atom stereocenters. The summed E-state index contributed by atoms with van der Waals surface area (Å²) in [6.45, 7) is 3.85. The first kappa shape index (κ1) is 12.5. The van der Waals surface area contributed by atoms with Crippen LogP contribution < -0.4 is 9.86 Å². The summed E-state index contributed by atoms with van der Waals surface area (Å²) < 4.78 is 23.9. The van der Waals surface area contributed by atoms with Crippen molar-refractivity contribution in [3.63, 3.8) is 0 Å². The second-order valence-corrected chi connectivity index (χ2v) is 4.98. The van der Waals surface area contributed by atoms with Crippen molar-refractivity contribution in [2.75, 3.05) is 4.72 Å². The van der Waals surface area contributed by atoms with E-state index in [1.54, 1.807) is 12.1 Å². The van der Waals surface area contributed by atoms with E-state index >= 15 is 0 Å². The van der Waals surface area contributed by atoms with Crippen LogP contribution in [0.25, 0.3) is 0 Å². The van der Waals surface area contributed by atoms with Crippen LogP contribution in [0.3, 0.4) is 0 Å². The van der Waals surface area contributed by atoms with Gasteiger partial charge >= 0.3 is 0 Å². The van der Waals surface area contributed by atoms with Gasteiger partial charge in [0.1, 0.15) is 6.07 Å². The van der Waals surface area contributed by atoms with Crippen molar-refractivity contribution < 1.29 is 8.42 Å². The molecule has 0 aliphatic heterocycles. The zero-order chi connectivity index (χ0) is 12.3. The van der Waals surface area contributed by atoms with E-state index in [2.05, 4.69) is 4.72 Å². The van der Waals surface area contributed by atoms with Gasteiger partial charge in [-0.25, -0.2) is 5.14 Å². The maximum Gasteiger partial charge on any atom is 0.296 e. The predicted octanol–water partition coefficient (Wildman–Crippen LogP) is 1.30. The van der Waals surface area contributed by atoms with Crippen molar-refractivity contribution in [2.24, 2.45) is 5.14 Å². The Bertz CT molecular complexity index is 529. The Morgan fingerprint density at radius 3 is 2.50 bits per heavy atom. The summed E-state index contributed by atoms with van der Waals surface area (Å²) in [5, 5.41) is 13.9. The number of hydrogen-bond donors (Lipinski definition) is 2. The summed E-state index contributed by atoms with van der Waals surface area (Å²) in [6, 6.07) is 6.97. The Balaban J connectivity index is 3.32. The third kappa shape index (κ3) is 2.95. The van der Waals surface area contributed by atoms with Crippen molar-refractivity contribution in [3.05, 3.63) is 29.3 Å². The number of anilines is 1. The van der Waals surface area contributed by atoms with Gasteiger partial charge in [-0.3, -0.25) is 4.72 Å². The topological polar surface area (TPSA) is 96.0 Å². The minimum Gasteiger partial charge on any atom is -0.270 e. The average molecular weight is 239 g/mol. The van der Waals surface area contributed by atoms with Crippen molar-refractivity contribution in [3.8, 4) is 6.07 Å². The van der Waals surface area contributed by atoms with Crippen LogP contribution in [0.2, 0.25) is 0 Å². The van der Waals surface area contributed by atoms with E-state index in [0.717, 1.165) is 5.56 Å². The Hall–Kier alpha value is -1.58. The van der Waals surface area contributed by atoms with E-state index in [-0.39, 0.29) is 11.6 Å². The molecule has 0 saturated heterocycles. The molecule has 6 heteroatoms. The van der Waals surface area contributed by atoms with Crippen LogP contribution in [-0.2, 0) is 10.2 Å². The van der Waals surface area contributed by atoms with E-state index in [9.17, 15) is 8.42 Å². The SMILES string of the molecule is CC(C)c1cccc(NS(N)(=O)=O)c1C#N. The molecule has 0 saturated carbocycles. The number of nitrogens with one attached hydrogen (secondary N) is 1. The van der Waals surface area contributed by atoms with Crippen molar-refractivity contribution >= 4 is 15.9 Å². The smallest absolute Gasteiger partial charge is 0.270 e. The van der Waals surface area contributed by atoms with Crippen LogP contribution in [0.15, 0.2) is 18.2 Å². The lowest BCUT2D eigenvalue weighted by Crippen LogP contribution is -2.22. The Labute approximate surface area is 95.1 Å². The Morgan fingerprint density at radius 1 is 1.44 bits per heavy atom. The van der Waals surface area contributed by atoms with E-state index in [1.807, 2.05) is 19.9 Å². The van der Waals surface area contributed by atoms with Gasteiger partial charge in [-0.2, -0.15) is 13.7 Å². The highest BCUT2D eigenvalue weighted by atomic mass is 32.2. The van der Waals surface area contributed by atoms with Gasteiger partial charge in [-0.05, 0) is 17.5 Å². The molecule has 86 valence electrons. The summed E-state index contributed by atoms with van der Waals surface area (Å²) in [7, 11) is -3.85. The molecular weight excluding hydrogens is 226 g/mol. The van der Waals surface area contributed by atoms with Crippen LogP contribution >= 0.6 is 0 Å². The first-order valence-electron chi connectivity index (χ1n) is 4.68. The summed E-state index contributed by atoms with van der Waals surface area (Å²) >= 11 is 0. The van der Waals surface area contributed by atoms with Gasteiger partial charge in [0.2, 0.25) is 0 Å². The zero-order valence-electron chi connectivity index (χ0n) is 9.06. The third-order valence-corrected chi connectivity index (χ3v) is 2.59. The second kappa shape index (κ2) is 4.51. The van der Waals surface area contributed by atoms with Crippen LogP contribution in [0, 0.1) is 11.3 Å². The highest BCUT2D eigenvalue weighted by Gasteiger charge is 2.13. The largest absolute Gasteiger partial charge is 0.296 e. The van der Waals surface area contributed by atoms with Crippen LogP contribution in [0.1, 0.15) is 30.9 Å². The maximum atomic E-state index is 10.9. The molecule has 0 aromatic heterocycles. The molecule has 16 heavy (non-hydrogen) atoms. The molecular formula is C10H13N3O2S. The molecule has 0 spiro atoms. The molecule has 0 aliphatic carbocycles. The third-order valence-electron chi connectivity index (χ3n) is 2.08. The monoisotopic (exact) mass is 239 g/mol. The summed E-state index contributed by atoms with van der Waals surface area (Å²) in [6.07, 6.45) is 0.